The van der Waals surface area contributed by atoms with Crippen LogP contribution in [-0.2, 0) is 0 Å². The molecular formula is C10H8F5N3OS. The predicted molar refractivity (Wildman–Crippen MR) is 63.5 cm³/mol. The summed E-state index contributed by atoms with van der Waals surface area (Å²) in [4.78, 5) is 8.18. The van der Waals surface area contributed by atoms with Gasteiger partial charge in [0.05, 0.1) is 5.39 Å². The zero-order valence-corrected chi connectivity index (χ0v) is 10.8. The zero-order chi connectivity index (χ0) is 15.0. The fourth-order valence-corrected chi connectivity index (χ4v) is 2.05. The normalized spacial score (nSPS) is 12.7. The van der Waals surface area contributed by atoms with Gasteiger partial charge in [0.15, 0.2) is 6.61 Å². The Morgan fingerprint density at radius 3 is 2.55 bits per heavy atom. The van der Waals surface area contributed by atoms with Crippen LogP contribution in [0.4, 0.5) is 27.9 Å². The van der Waals surface area contributed by atoms with E-state index in [2.05, 4.69) is 20.0 Å². The van der Waals surface area contributed by atoms with Crippen molar-refractivity contribution in [3.63, 3.8) is 0 Å². The van der Waals surface area contributed by atoms with Gasteiger partial charge in [-0.3, -0.25) is 0 Å². The van der Waals surface area contributed by atoms with Crippen LogP contribution in [0.1, 0.15) is 0 Å². The molecule has 0 amide bonds. The van der Waals surface area contributed by atoms with Gasteiger partial charge in [-0.1, -0.05) is 0 Å². The van der Waals surface area contributed by atoms with E-state index in [4.69, 9.17) is 0 Å². The molecule has 0 aliphatic heterocycles. The van der Waals surface area contributed by atoms with E-state index < -0.39 is 18.7 Å². The number of halogens is 5. The number of hydrogen-bond acceptors (Lipinski definition) is 5. The first-order valence-corrected chi connectivity index (χ1v) is 6.13. The first-order chi connectivity index (χ1) is 9.24. The largest absolute Gasteiger partial charge is 0.470 e. The average Bonchev–Trinajstić information content (AvgIpc) is 2.82. The number of nitrogens with one attached hydrogen (secondary N) is 1. The maximum atomic E-state index is 12.8. The van der Waals surface area contributed by atoms with Gasteiger partial charge in [0.2, 0.25) is 11.8 Å². The maximum absolute atomic E-state index is 12.8. The summed E-state index contributed by atoms with van der Waals surface area (Å²) in [6.07, 6.45) is -5.67. The molecule has 0 bridgehead atoms. The van der Waals surface area contributed by atoms with Gasteiger partial charge >= 0.3 is 12.1 Å². The molecule has 0 aliphatic carbocycles. The monoisotopic (exact) mass is 313 g/mol. The molecule has 0 unspecified atom stereocenters. The third-order valence-corrected chi connectivity index (χ3v) is 3.13. The molecule has 110 valence electrons. The quantitative estimate of drug-likeness (QED) is 0.880. The maximum Gasteiger partial charge on any atom is 0.456 e. The molecule has 0 aliphatic rings. The Morgan fingerprint density at radius 2 is 1.95 bits per heavy atom. The topological polar surface area (TPSA) is 47.0 Å². The molecular weight excluding hydrogens is 305 g/mol. The Balaban J connectivity index is 2.27. The van der Waals surface area contributed by atoms with Gasteiger partial charge in [-0.25, -0.2) is 4.98 Å². The third-order valence-electron chi connectivity index (χ3n) is 2.32. The fraction of sp³-hybridized carbons (Fsp3) is 0.400. The molecule has 0 saturated carbocycles. The lowest BCUT2D eigenvalue weighted by molar-refractivity contribution is -0.290. The standard InChI is InChI=1S/C10H8F5N3OS/c1-16-8-17-6(5-2-3-20-7(5)18-8)19-4-9(11,12)10(13,14)15/h2-3H,4H2,1H3,(H,16,17,18). The van der Waals surface area contributed by atoms with E-state index in [0.29, 0.717) is 4.83 Å². The minimum Gasteiger partial charge on any atom is -0.470 e. The van der Waals surface area contributed by atoms with Crippen molar-refractivity contribution in [3.8, 4) is 5.88 Å². The summed E-state index contributed by atoms with van der Waals surface area (Å²) >= 11 is 1.19. The molecule has 2 aromatic rings. The molecule has 20 heavy (non-hydrogen) atoms. The zero-order valence-electron chi connectivity index (χ0n) is 9.96. The molecule has 0 atom stereocenters. The highest BCUT2D eigenvalue weighted by Gasteiger charge is 2.58. The second-order valence-corrected chi connectivity index (χ2v) is 4.63. The van der Waals surface area contributed by atoms with Crippen LogP contribution in [0, 0.1) is 0 Å². The van der Waals surface area contributed by atoms with Crippen LogP contribution in [0.3, 0.4) is 0 Å². The summed E-state index contributed by atoms with van der Waals surface area (Å²) in [5.41, 5.74) is 0. The van der Waals surface area contributed by atoms with E-state index in [-0.39, 0.29) is 17.2 Å². The molecule has 0 fully saturated rings. The second kappa shape index (κ2) is 5.00. The summed E-state index contributed by atoms with van der Waals surface area (Å²) in [7, 11) is 1.49. The van der Waals surface area contributed by atoms with Gasteiger partial charge < -0.3 is 10.1 Å². The minimum atomic E-state index is -5.67. The molecule has 0 saturated heterocycles. The van der Waals surface area contributed by atoms with E-state index in [1.807, 2.05) is 0 Å². The van der Waals surface area contributed by atoms with Crippen molar-refractivity contribution in [2.24, 2.45) is 0 Å². The second-order valence-electron chi connectivity index (χ2n) is 3.73. The lowest BCUT2D eigenvalue weighted by Gasteiger charge is -2.19. The van der Waals surface area contributed by atoms with Gasteiger partial charge in [0.25, 0.3) is 0 Å². The minimum absolute atomic E-state index is 0.0743. The fourth-order valence-electron chi connectivity index (χ4n) is 1.29. The Bertz CT molecular complexity index is 612. The number of aromatic nitrogens is 2. The average molecular weight is 313 g/mol. The molecule has 4 nitrogen and oxygen atoms in total. The van der Waals surface area contributed by atoms with Gasteiger partial charge in [-0.15, -0.1) is 11.3 Å². The SMILES string of the molecule is CNc1nc(OCC(F)(F)C(F)(F)F)c2ccsc2n1. The summed E-state index contributed by atoms with van der Waals surface area (Å²) in [6.45, 7) is -1.83. The van der Waals surface area contributed by atoms with Crippen LogP contribution in [0.25, 0.3) is 10.2 Å². The number of thiophene rings is 1. The third kappa shape index (κ3) is 2.74. The Labute approximate surface area is 113 Å². The molecule has 10 heteroatoms. The lowest BCUT2D eigenvalue weighted by atomic mass is 10.3. The predicted octanol–water partition coefficient (Wildman–Crippen LogP) is 3.31. The van der Waals surface area contributed by atoms with Crippen LogP contribution in [0.2, 0.25) is 0 Å². The van der Waals surface area contributed by atoms with E-state index in [9.17, 15) is 22.0 Å². The summed E-state index contributed by atoms with van der Waals surface area (Å²) < 4.78 is 66.4. The van der Waals surface area contributed by atoms with Crippen molar-refractivity contribution in [2.45, 2.75) is 12.1 Å². The number of alkyl halides is 5. The summed E-state index contributed by atoms with van der Waals surface area (Å²) in [5, 5.41) is 4.46. The number of anilines is 1. The van der Waals surface area contributed by atoms with Crippen molar-refractivity contribution in [1.29, 1.82) is 0 Å². The molecule has 2 rings (SSSR count). The number of hydrogen-bond donors (Lipinski definition) is 1. The van der Waals surface area contributed by atoms with Crippen molar-refractivity contribution >= 4 is 27.5 Å². The van der Waals surface area contributed by atoms with Gasteiger partial charge in [0.1, 0.15) is 4.83 Å². The highest BCUT2D eigenvalue weighted by atomic mass is 32.1. The van der Waals surface area contributed by atoms with Crippen LogP contribution >= 0.6 is 11.3 Å². The number of fused-ring (bicyclic) bond motifs is 1. The first kappa shape index (κ1) is 14.7. The van der Waals surface area contributed by atoms with Crippen molar-refractivity contribution in [1.82, 2.24) is 9.97 Å². The van der Waals surface area contributed by atoms with Crippen LogP contribution < -0.4 is 10.1 Å². The van der Waals surface area contributed by atoms with Crippen molar-refractivity contribution < 1.29 is 26.7 Å². The number of nitrogens with zero attached hydrogens (tertiary/aromatic N) is 2. The van der Waals surface area contributed by atoms with Gasteiger partial charge in [-0.2, -0.15) is 26.9 Å². The molecule has 0 radical (unpaired) electrons. The van der Waals surface area contributed by atoms with E-state index >= 15 is 0 Å². The molecule has 2 aromatic heterocycles. The molecule has 1 N–H and O–H groups in total. The highest BCUT2D eigenvalue weighted by Crippen LogP contribution is 2.36. The highest BCUT2D eigenvalue weighted by molar-refractivity contribution is 7.16. The van der Waals surface area contributed by atoms with Crippen molar-refractivity contribution in [3.05, 3.63) is 11.4 Å². The van der Waals surface area contributed by atoms with Gasteiger partial charge in [-0.05, 0) is 11.4 Å². The molecule has 0 aromatic carbocycles. The van der Waals surface area contributed by atoms with Crippen LogP contribution in [-0.4, -0.2) is 35.7 Å². The van der Waals surface area contributed by atoms with Crippen molar-refractivity contribution in [2.75, 3.05) is 19.0 Å². The van der Waals surface area contributed by atoms with E-state index in [1.165, 1.54) is 24.5 Å². The van der Waals surface area contributed by atoms with Gasteiger partial charge in [0, 0.05) is 7.05 Å². The van der Waals surface area contributed by atoms with Crippen LogP contribution in [0.15, 0.2) is 11.4 Å². The molecule has 0 spiro atoms. The number of ether oxygens (including phenoxy) is 1. The Kier molecular flexibility index (Phi) is 3.67. The Morgan fingerprint density at radius 1 is 1.25 bits per heavy atom. The van der Waals surface area contributed by atoms with E-state index in [0.717, 1.165) is 0 Å². The van der Waals surface area contributed by atoms with Crippen LogP contribution in [0.5, 0.6) is 5.88 Å². The summed E-state index contributed by atoms with van der Waals surface area (Å²) in [6, 6.07) is 1.49. The molecule has 2 heterocycles. The lowest BCUT2D eigenvalue weighted by Crippen LogP contribution is -2.41. The first-order valence-electron chi connectivity index (χ1n) is 5.25. The number of rotatable bonds is 4. The smallest absolute Gasteiger partial charge is 0.456 e. The Hall–Kier alpha value is -1.71. The van der Waals surface area contributed by atoms with E-state index in [1.54, 1.807) is 5.38 Å². The summed E-state index contributed by atoms with van der Waals surface area (Å²) in [5.74, 6) is -5.19.